The van der Waals surface area contributed by atoms with Crippen LogP contribution in [0.15, 0.2) is 51.7 Å². The van der Waals surface area contributed by atoms with Crippen molar-refractivity contribution in [2.75, 3.05) is 13.2 Å². The van der Waals surface area contributed by atoms with Crippen LogP contribution in [0.2, 0.25) is 0 Å². The molecule has 9 nitrogen and oxygen atoms in total. The Morgan fingerprint density at radius 1 is 0.931 bits per heavy atom. The minimum absolute atomic E-state index is 0. The first-order valence-electron chi connectivity index (χ1n) is 7.67. The molecule has 0 unspecified atom stereocenters. The quantitative estimate of drug-likeness (QED) is 0.209. The Hall–Kier alpha value is -1.88. The van der Waals surface area contributed by atoms with Crippen LogP contribution in [0.3, 0.4) is 0 Å². The van der Waals surface area contributed by atoms with Gasteiger partial charge < -0.3 is 33.7 Å². The van der Waals surface area contributed by atoms with Gasteiger partial charge >= 0.3 is 64.7 Å². The number of hydrogen-bond donors (Lipinski definition) is 0. The molecule has 0 amide bonds. The number of nitrogens with zero attached hydrogens (tertiary/aromatic N) is 1. The molecule has 0 spiro atoms. The normalized spacial score (nSPS) is 9.79. The number of aromatic carboxylic acids is 2. The Labute approximate surface area is 208 Å². The average Bonchev–Trinajstić information content (AvgIpc) is 2.64. The first-order chi connectivity index (χ1) is 12.9. The minimum atomic E-state index is -1.65. The van der Waals surface area contributed by atoms with Gasteiger partial charge in [-0.2, -0.15) is 0 Å². The molecule has 3 rings (SSSR count). The maximum Gasteiger partial charge on any atom is 1.00 e. The number of rotatable bonds is 7. The zero-order valence-electron chi connectivity index (χ0n) is 15.7. The van der Waals surface area contributed by atoms with Crippen molar-refractivity contribution < 1.29 is 92.8 Å². The smallest absolute Gasteiger partial charge is 0.543 e. The Balaban J connectivity index is 0.00000210. The fourth-order valence-electron chi connectivity index (χ4n) is 2.31. The number of hydrogen-bond acceptors (Lipinski definition) is 9. The van der Waals surface area contributed by atoms with Crippen LogP contribution in [0.4, 0.5) is 0 Å². The van der Waals surface area contributed by atoms with E-state index in [-0.39, 0.29) is 78.1 Å². The second kappa shape index (κ2) is 11.3. The SMILES string of the molecule is O=C([O-])c1cc(OCCOc2cc(=O)oc3ccccc23)cc(C(=O)[O-])n1.[Na+].[Na+]. The molecule has 0 saturated carbocycles. The number of carbonyl (C=O) groups is 2. The van der Waals surface area contributed by atoms with Gasteiger partial charge in [-0.25, -0.2) is 9.78 Å². The van der Waals surface area contributed by atoms with Crippen LogP contribution < -0.4 is 84.4 Å². The maximum atomic E-state index is 11.6. The molecule has 2 heterocycles. The van der Waals surface area contributed by atoms with Crippen molar-refractivity contribution >= 4 is 22.9 Å². The third-order valence-corrected chi connectivity index (χ3v) is 3.44. The van der Waals surface area contributed by atoms with E-state index in [1.165, 1.54) is 6.07 Å². The summed E-state index contributed by atoms with van der Waals surface area (Å²) >= 11 is 0. The Bertz CT molecular complexity index is 1050. The van der Waals surface area contributed by atoms with E-state index in [1.807, 2.05) is 0 Å². The van der Waals surface area contributed by atoms with Crippen molar-refractivity contribution in [3.63, 3.8) is 0 Å². The number of carbonyl (C=O) groups excluding carboxylic acids is 2. The molecule has 0 atom stereocenters. The van der Waals surface area contributed by atoms with Crippen molar-refractivity contribution in [1.29, 1.82) is 0 Å². The largest absolute Gasteiger partial charge is 1.00 e. The summed E-state index contributed by atoms with van der Waals surface area (Å²) in [6.45, 7) is -0.0609. The van der Waals surface area contributed by atoms with Gasteiger partial charge in [0.2, 0.25) is 0 Å². The van der Waals surface area contributed by atoms with Crippen LogP contribution in [-0.2, 0) is 0 Å². The van der Waals surface area contributed by atoms with Crippen LogP contribution in [0.5, 0.6) is 11.5 Å². The van der Waals surface area contributed by atoms with E-state index in [2.05, 4.69) is 4.98 Å². The van der Waals surface area contributed by atoms with E-state index in [0.29, 0.717) is 16.7 Å². The van der Waals surface area contributed by atoms with Crippen LogP contribution in [0, 0.1) is 0 Å². The fourth-order valence-corrected chi connectivity index (χ4v) is 2.31. The van der Waals surface area contributed by atoms with Crippen molar-refractivity contribution in [3.8, 4) is 11.5 Å². The zero-order chi connectivity index (χ0) is 19.4. The Kier molecular flexibility index (Phi) is 9.84. The van der Waals surface area contributed by atoms with Crippen molar-refractivity contribution in [2.24, 2.45) is 0 Å². The summed E-state index contributed by atoms with van der Waals surface area (Å²) in [6.07, 6.45) is 0. The molecule has 0 bridgehead atoms. The number of carboxylic acid groups (broad SMARTS) is 2. The van der Waals surface area contributed by atoms with E-state index in [1.54, 1.807) is 24.3 Å². The second-order valence-corrected chi connectivity index (χ2v) is 5.27. The number of benzene rings is 1. The van der Waals surface area contributed by atoms with Gasteiger partial charge in [0, 0.05) is 12.1 Å². The van der Waals surface area contributed by atoms with Crippen LogP contribution in [-0.4, -0.2) is 30.1 Å². The monoisotopic (exact) mass is 415 g/mol. The summed E-state index contributed by atoms with van der Waals surface area (Å²) < 4.78 is 15.9. The zero-order valence-corrected chi connectivity index (χ0v) is 19.7. The van der Waals surface area contributed by atoms with Gasteiger partial charge in [0.05, 0.1) is 34.8 Å². The van der Waals surface area contributed by atoms with Gasteiger partial charge in [-0.1, -0.05) is 12.1 Å². The van der Waals surface area contributed by atoms with Gasteiger partial charge in [-0.3, -0.25) is 0 Å². The summed E-state index contributed by atoms with van der Waals surface area (Å²) in [5.41, 5.74) is -1.40. The Morgan fingerprint density at radius 3 is 2.14 bits per heavy atom. The van der Waals surface area contributed by atoms with E-state index in [0.717, 1.165) is 12.1 Å². The molecule has 2 aromatic heterocycles. The first kappa shape index (κ1) is 25.2. The van der Waals surface area contributed by atoms with Gasteiger partial charge in [-0.05, 0) is 12.1 Å². The maximum absolute atomic E-state index is 11.6. The molecule has 0 N–H and O–H groups in total. The molecule has 0 aliphatic carbocycles. The number of fused-ring (bicyclic) bond motifs is 1. The van der Waals surface area contributed by atoms with Crippen molar-refractivity contribution in [2.45, 2.75) is 0 Å². The standard InChI is InChI=1S/C18H13NO8.2Na/c20-16-9-15(11-3-1-2-4-14(11)27-16)26-6-5-25-10-7-12(17(21)22)19-13(8-10)18(23)24;;/h1-4,7-9H,5-6H2,(H,21,22)(H,23,24);;/q;2*+1/p-2. The first-order valence-corrected chi connectivity index (χ1v) is 7.67. The third kappa shape index (κ3) is 6.56. The Morgan fingerprint density at radius 2 is 1.52 bits per heavy atom. The van der Waals surface area contributed by atoms with E-state index in [4.69, 9.17) is 13.9 Å². The predicted octanol–water partition coefficient (Wildman–Crippen LogP) is -6.62. The van der Waals surface area contributed by atoms with Crippen LogP contribution in [0.1, 0.15) is 21.0 Å². The number of ether oxygens (including phenoxy) is 2. The number of para-hydroxylation sites is 1. The molecule has 1 aromatic carbocycles. The van der Waals surface area contributed by atoms with E-state index < -0.39 is 29.0 Å². The third-order valence-electron chi connectivity index (χ3n) is 3.44. The predicted molar refractivity (Wildman–Crippen MR) is 86.4 cm³/mol. The molecule has 0 aliphatic rings. The molecule has 0 saturated heterocycles. The van der Waals surface area contributed by atoms with E-state index >= 15 is 0 Å². The number of pyridine rings is 1. The summed E-state index contributed by atoms with van der Waals surface area (Å²) in [5.74, 6) is -3.06. The summed E-state index contributed by atoms with van der Waals surface area (Å²) in [6, 6.07) is 10.0. The van der Waals surface area contributed by atoms with Crippen LogP contribution >= 0.6 is 0 Å². The molecule has 138 valence electrons. The van der Waals surface area contributed by atoms with Gasteiger partial charge in [0.15, 0.2) is 0 Å². The van der Waals surface area contributed by atoms with Gasteiger partial charge in [0.1, 0.15) is 30.3 Å². The molecular weight excluding hydrogens is 404 g/mol. The molecular formula is C18H11NNa2O8. The number of carboxylic acids is 2. The molecule has 0 fully saturated rings. The average molecular weight is 415 g/mol. The van der Waals surface area contributed by atoms with Crippen LogP contribution in [0.25, 0.3) is 11.0 Å². The second-order valence-electron chi connectivity index (χ2n) is 5.27. The number of aromatic nitrogens is 1. The van der Waals surface area contributed by atoms with Gasteiger partial charge in [0.25, 0.3) is 0 Å². The van der Waals surface area contributed by atoms with E-state index in [9.17, 15) is 24.6 Å². The van der Waals surface area contributed by atoms with Crippen molar-refractivity contribution in [3.05, 3.63) is 64.3 Å². The minimum Gasteiger partial charge on any atom is -0.543 e. The molecule has 11 heteroatoms. The van der Waals surface area contributed by atoms with Crippen molar-refractivity contribution in [1.82, 2.24) is 4.98 Å². The molecule has 29 heavy (non-hydrogen) atoms. The molecule has 0 aliphatic heterocycles. The summed E-state index contributed by atoms with van der Waals surface area (Å²) in [7, 11) is 0. The summed E-state index contributed by atoms with van der Waals surface area (Å²) in [5, 5.41) is 22.4. The van der Waals surface area contributed by atoms with Gasteiger partial charge in [-0.15, -0.1) is 0 Å². The molecule has 0 radical (unpaired) electrons. The topological polar surface area (TPSA) is 142 Å². The molecule has 3 aromatic rings. The fraction of sp³-hybridized carbons (Fsp3) is 0.111. The summed E-state index contributed by atoms with van der Waals surface area (Å²) in [4.78, 5) is 36.7.